The molecule has 0 bridgehead atoms. The second-order valence-electron chi connectivity index (χ2n) is 6.04. The van der Waals surface area contributed by atoms with Gasteiger partial charge in [-0.25, -0.2) is 4.79 Å². The lowest BCUT2D eigenvalue weighted by molar-refractivity contribution is -0.135. The fourth-order valence-electron chi connectivity index (χ4n) is 4.10. The Morgan fingerprint density at radius 3 is 3.14 bits per heavy atom. The van der Waals surface area contributed by atoms with E-state index in [1.165, 1.54) is 7.11 Å². The van der Waals surface area contributed by atoms with Crippen molar-refractivity contribution in [3.8, 4) is 0 Å². The summed E-state index contributed by atoms with van der Waals surface area (Å²) in [5.41, 5.74) is 1.50. The van der Waals surface area contributed by atoms with Crippen LogP contribution in [0.15, 0.2) is 36.0 Å². The van der Waals surface area contributed by atoms with Crippen LogP contribution >= 0.6 is 0 Å². The number of hydrogen-bond acceptors (Lipinski definition) is 3. The number of methoxy groups -OCH3 is 1. The van der Waals surface area contributed by atoms with Crippen LogP contribution in [0.2, 0.25) is 0 Å². The largest absolute Gasteiger partial charge is 0.466 e. The number of ether oxygens (including phenoxy) is 1. The number of amides is 1. The summed E-state index contributed by atoms with van der Waals surface area (Å²) in [6.45, 7) is 4.93. The van der Waals surface area contributed by atoms with Crippen molar-refractivity contribution in [2.75, 3.05) is 13.7 Å². The van der Waals surface area contributed by atoms with Crippen molar-refractivity contribution >= 4 is 11.9 Å². The highest BCUT2D eigenvalue weighted by Gasteiger charge is 2.55. The van der Waals surface area contributed by atoms with Crippen LogP contribution in [0.4, 0.5) is 0 Å². The molecule has 2 fully saturated rings. The number of allylic oxidation sites excluding steroid dienone is 1. The third-order valence-electron chi connectivity index (χ3n) is 5.02. The van der Waals surface area contributed by atoms with Crippen molar-refractivity contribution in [2.24, 2.45) is 5.92 Å². The molecule has 1 aliphatic carbocycles. The average Bonchev–Trinajstić information content (AvgIpc) is 2.69. The molecule has 1 amide bonds. The molecule has 21 heavy (non-hydrogen) atoms. The smallest absolute Gasteiger partial charge is 0.330 e. The van der Waals surface area contributed by atoms with Crippen molar-refractivity contribution in [1.29, 1.82) is 0 Å². The van der Waals surface area contributed by atoms with Gasteiger partial charge in [-0.3, -0.25) is 4.79 Å². The summed E-state index contributed by atoms with van der Waals surface area (Å²) in [7, 11) is 1.38. The van der Waals surface area contributed by atoms with Gasteiger partial charge in [0.2, 0.25) is 5.91 Å². The zero-order valence-corrected chi connectivity index (χ0v) is 12.4. The molecule has 2 unspecified atom stereocenters. The molecule has 0 radical (unpaired) electrons. The van der Waals surface area contributed by atoms with Gasteiger partial charge in [-0.05, 0) is 36.8 Å². The van der Waals surface area contributed by atoms with Gasteiger partial charge in [-0.1, -0.05) is 18.7 Å². The Balaban J connectivity index is 2.16. The Labute approximate surface area is 125 Å². The average molecular weight is 287 g/mol. The van der Waals surface area contributed by atoms with Gasteiger partial charge in [0.15, 0.2) is 0 Å². The van der Waals surface area contributed by atoms with Crippen LogP contribution in [-0.4, -0.2) is 36.0 Å². The van der Waals surface area contributed by atoms with Crippen molar-refractivity contribution in [2.45, 2.75) is 37.6 Å². The lowest BCUT2D eigenvalue weighted by Gasteiger charge is -2.44. The molecule has 2 saturated heterocycles. The number of carbonyl (C=O) groups is 2. The predicted octanol–water partition coefficient (Wildman–Crippen LogP) is 2.37. The fourth-order valence-corrected chi connectivity index (χ4v) is 4.10. The highest BCUT2D eigenvalue weighted by atomic mass is 16.5. The quantitative estimate of drug-likeness (QED) is 0.422. The molecule has 2 aliphatic heterocycles. The standard InChI is InChI=1S/C17H21NO3/c1-12-6-5-9-18-15(19)10-13-7-3-4-8-17(13,18)14(12)11-16(20)21-2/h3,7,11,13H,1,4-6,8-10H2,2H3/b14-11+. The Morgan fingerprint density at radius 2 is 2.38 bits per heavy atom. The molecular weight excluding hydrogens is 266 g/mol. The molecule has 0 aromatic heterocycles. The van der Waals surface area contributed by atoms with E-state index in [0.717, 1.165) is 43.4 Å². The lowest BCUT2D eigenvalue weighted by atomic mass is 9.70. The summed E-state index contributed by atoms with van der Waals surface area (Å²) >= 11 is 0. The Kier molecular flexibility index (Phi) is 3.47. The van der Waals surface area contributed by atoms with Gasteiger partial charge in [0.1, 0.15) is 0 Å². The molecule has 4 heteroatoms. The van der Waals surface area contributed by atoms with E-state index < -0.39 is 0 Å². The third-order valence-corrected chi connectivity index (χ3v) is 5.02. The molecule has 0 N–H and O–H groups in total. The van der Waals surface area contributed by atoms with Crippen molar-refractivity contribution in [3.63, 3.8) is 0 Å². The van der Waals surface area contributed by atoms with Crippen LogP contribution in [0.25, 0.3) is 0 Å². The lowest BCUT2D eigenvalue weighted by Crippen LogP contribution is -2.51. The van der Waals surface area contributed by atoms with E-state index in [-0.39, 0.29) is 23.3 Å². The van der Waals surface area contributed by atoms with Gasteiger partial charge in [0, 0.05) is 25.0 Å². The normalized spacial score (nSPS) is 33.7. The minimum absolute atomic E-state index is 0.143. The summed E-state index contributed by atoms with van der Waals surface area (Å²) in [6, 6.07) is 0. The summed E-state index contributed by atoms with van der Waals surface area (Å²) < 4.78 is 4.82. The van der Waals surface area contributed by atoms with Crippen LogP contribution < -0.4 is 0 Å². The monoisotopic (exact) mass is 287 g/mol. The van der Waals surface area contributed by atoms with Gasteiger partial charge < -0.3 is 9.64 Å². The highest BCUT2D eigenvalue weighted by Crippen LogP contribution is 2.51. The molecular formula is C17H21NO3. The summed E-state index contributed by atoms with van der Waals surface area (Å²) in [6.07, 6.45) is 9.90. The van der Waals surface area contributed by atoms with Crippen LogP contribution in [0.1, 0.15) is 32.1 Å². The molecule has 0 saturated carbocycles. The first kappa shape index (κ1) is 14.1. The molecule has 3 rings (SSSR count). The minimum atomic E-state index is -0.381. The maximum atomic E-state index is 12.4. The zero-order valence-electron chi connectivity index (χ0n) is 12.4. The fraction of sp³-hybridized carbons (Fsp3) is 0.529. The van der Waals surface area contributed by atoms with Crippen molar-refractivity contribution in [1.82, 2.24) is 4.90 Å². The van der Waals surface area contributed by atoms with E-state index in [0.29, 0.717) is 6.42 Å². The topological polar surface area (TPSA) is 46.6 Å². The first-order valence-electron chi connectivity index (χ1n) is 7.55. The summed E-state index contributed by atoms with van der Waals surface area (Å²) in [5, 5.41) is 0. The molecule has 2 atom stereocenters. The van der Waals surface area contributed by atoms with Gasteiger partial charge in [0.25, 0.3) is 0 Å². The molecule has 4 nitrogen and oxygen atoms in total. The molecule has 112 valence electrons. The second kappa shape index (κ2) is 5.17. The number of carbonyl (C=O) groups excluding carboxylic acids is 2. The van der Waals surface area contributed by atoms with Gasteiger partial charge in [0.05, 0.1) is 12.6 Å². The Morgan fingerprint density at radius 1 is 1.57 bits per heavy atom. The van der Waals surface area contributed by atoms with Crippen molar-refractivity contribution in [3.05, 3.63) is 36.0 Å². The number of nitrogens with zero attached hydrogens (tertiary/aromatic N) is 1. The van der Waals surface area contributed by atoms with Crippen LogP contribution in [0.5, 0.6) is 0 Å². The molecule has 3 aliphatic rings. The van der Waals surface area contributed by atoms with Crippen LogP contribution in [0.3, 0.4) is 0 Å². The first-order chi connectivity index (χ1) is 10.1. The highest BCUT2D eigenvalue weighted by molar-refractivity contribution is 5.87. The second-order valence-corrected chi connectivity index (χ2v) is 6.04. The van der Waals surface area contributed by atoms with E-state index in [1.807, 2.05) is 4.90 Å². The van der Waals surface area contributed by atoms with E-state index in [4.69, 9.17) is 4.74 Å². The van der Waals surface area contributed by atoms with E-state index in [2.05, 4.69) is 18.7 Å². The molecule has 1 spiro atoms. The van der Waals surface area contributed by atoms with Crippen LogP contribution in [-0.2, 0) is 14.3 Å². The SMILES string of the molecule is C=C1CCCN2C(=O)CC3C=CCCC32/C1=C/C(=O)OC. The predicted molar refractivity (Wildman–Crippen MR) is 79.4 cm³/mol. The van der Waals surface area contributed by atoms with Gasteiger partial charge in [-0.15, -0.1) is 0 Å². The number of rotatable bonds is 1. The van der Waals surface area contributed by atoms with E-state index in [1.54, 1.807) is 6.08 Å². The van der Waals surface area contributed by atoms with E-state index in [9.17, 15) is 9.59 Å². The van der Waals surface area contributed by atoms with Gasteiger partial charge >= 0.3 is 5.97 Å². The Bertz CT molecular complexity index is 560. The molecule has 0 aromatic carbocycles. The zero-order chi connectivity index (χ0) is 15.0. The maximum absolute atomic E-state index is 12.4. The minimum Gasteiger partial charge on any atom is -0.466 e. The summed E-state index contributed by atoms with van der Waals surface area (Å²) in [5.74, 6) is -0.0310. The van der Waals surface area contributed by atoms with Gasteiger partial charge in [-0.2, -0.15) is 0 Å². The molecule has 2 heterocycles. The van der Waals surface area contributed by atoms with Crippen LogP contribution in [0, 0.1) is 5.92 Å². The maximum Gasteiger partial charge on any atom is 0.330 e. The summed E-state index contributed by atoms with van der Waals surface area (Å²) in [4.78, 5) is 26.3. The first-order valence-corrected chi connectivity index (χ1v) is 7.55. The molecule has 0 aromatic rings. The van der Waals surface area contributed by atoms with Crippen molar-refractivity contribution < 1.29 is 14.3 Å². The van der Waals surface area contributed by atoms with E-state index >= 15 is 0 Å². The Hall–Kier alpha value is -1.84. The third kappa shape index (κ3) is 2.04. The number of hydrogen-bond donors (Lipinski definition) is 0. The number of esters is 1.